The van der Waals surface area contributed by atoms with Gasteiger partial charge in [0.15, 0.2) is 0 Å². The first-order valence-corrected chi connectivity index (χ1v) is 42.7. The van der Waals surface area contributed by atoms with E-state index < -0.39 is 42.1 Å². The Morgan fingerprint density at radius 2 is 0.467 bits per heavy atom. The van der Waals surface area contributed by atoms with E-state index in [1.807, 2.05) is 86.6 Å². The molecule has 17 aromatic carbocycles. The number of benzene rings is 17. The monoisotopic (exact) mass is 1570 g/mol. The molecular weight excluding hydrogens is 1470 g/mol. The van der Waals surface area contributed by atoms with Gasteiger partial charge in [0.05, 0.1) is 33.4 Å². The van der Waals surface area contributed by atoms with Crippen molar-refractivity contribution in [3.05, 3.63) is 405 Å². The lowest BCUT2D eigenvalue weighted by atomic mass is 9.33. The highest BCUT2D eigenvalue weighted by atomic mass is 15.2. The van der Waals surface area contributed by atoms with Crippen LogP contribution in [0.5, 0.6) is 0 Å². The van der Waals surface area contributed by atoms with Crippen LogP contribution in [0.3, 0.4) is 0 Å². The fourth-order valence-electron chi connectivity index (χ4n) is 19.2. The minimum atomic E-state index is -2.05. The molecule has 2 aromatic heterocycles. The van der Waals surface area contributed by atoms with Gasteiger partial charge in [-0.15, -0.1) is 0 Å². The van der Waals surface area contributed by atoms with Crippen LogP contribution in [0.1, 0.15) is 87.2 Å². The van der Waals surface area contributed by atoms with Crippen LogP contribution in [-0.2, 0) is 19.1 Å². The Morgan fingerprint density at radius 3 is 0.713 bits per heavy atom. The van der Waals surface area contributed by atoms with Gasteiger partial charge < -0.3 is 18.9 Å². The topological polar surface area (TPSA) is 16.3 Å². The Balaban J connectivity index is 0.944. The van der Waals surface area contributed by atoms with E-state index in [0.717, 1.165) is 195 Å². The zero-order valence-electron chi connectivity index (χ0n) is 76.3. The molecule has 588 valence electrons. The molecule has 19 aromatic rings. The third kappa shape index (κ3) is 13.8. The van der Waals surface area contributed by atoms with E-state index in [9.17, 15) is 8.22 Å². The Bertz CT molecular complexity index is 6810. The van der Waals surface area contributed by atoms with Crippen molar-refractivity contribution in [1.29, 1.82) is 0 Å². The minimum absolute atomic E-state index is 0.454. The number of anilines is 6. The molecule has 5 heteroatoms. The molecule has 0 aliphatic carbocycles. The molecule has 0 saturated heterocycles. The summed E-state index contributed by atoms with van der Waals surface area (Å²) < 4.78 is 68.7. The number of hydrogen-bond donors (Lipinski definition) is 0. The maximum absolute atomic E-state index is 11.1. The van der Waals surface area contributed by atoms with Crippen LogP contribution >= 0.6 is 0 Å². The molecule has 0 amide bonds. The summed E-state index contributed by atoms with van der Waals surface area (Å²) in [5, 5.41) is 4.39. The van der Waals surface area contributed by atoms with Crippen LogP contribution in [0, 0.1) is 16.2 Å². The highest BCUT2D eigenvalue weighted by Gasteiger charge is 2.46. The van der Waals surface area contributed by atoms with Gasteiger partial charge in [-0.1, -0.05) is 341 Å². The van der Waals surface area contributed by atoms with Gasteiger partial charge in [-0.3, -0.25) is 0 Å². The van der Waals surface area contributed by atoms with Gasteiger partial charge in [-0.2, -0.15) is 0 Å². The number of hydrogen-bond acceptors (Lipinski definition) is 2. The van der Waals surface area contributed by atoms with Crippen LogP contribution in [0.2, 0.25) is 0 Å². The molecule has 0 atom stereocenters. The van der Waals surface area contributed by atoms with Crippen LogP contribution in [0.15, 0.2) is 388 Å². The molecule has 0 saturated carbocycles. The van der Waals surface area contributed by atoms with Crippen molar-refractivity contribution >= 4 is 101 Å². The largest absolute Gasteiger partial charge is 0.310 e. The average Bonchev–Trinajstić information content (AvgIpc) is 0.704. The van der Waals surface area contributed by atoms with Gasteiger partial charge in [0.25, 0.3) is 6.71 Å². The van der Waals surface area contributed by atoms with Gasteiger partial charge in [0.2, 0.25) is 0 Å². The second-order valence-electron chi connectivity index (χ2n) is 36.0. The number of aromatic nitrogens is 2. The van der Waals surface area contributed by atoms with Gasteiger partial charge in [-0.05, 0) is 244 Å². The Kier molecular flexibility index (Phi) is 17.0. The zero-order chi connectivity index (χ0) is 88.1. The highest BCUT2D eigenvalue weighted by molar-refractivity contribution is 7.00. The SMILES string of the molecule is [2H]C([2H])(c1cc(-c2ccccc2)c(N2c3cc(-n4c5ccc(-c6ccccc6)cc5c5cc(-c6ccccc6)ccc54)ccc3B3c4ccc(-n5c6ccc(-c7ccccc7)cc6c6cc(-c7ccccc7)ccc65)cc4N(c4c(-c5ccccc5)cc(C([2H])([2H])C(C)(C)C)cc4-c4ccccc4)c4cc(C([2H])([2H])C(C)(C)C)cc2c43)c(-c2ccccc2)c1)C(C)(C)C. The molecule has 0 N–H and O–H groups in total. The van der Waals surface area contributed by atoms with Crippen molar-refractivity contribution < 1.29 is 8.22 Å². The Labute approximate surface area is 726 Å². The lowest BCUT2D eigenvalue weighted by Gasteiger charge is -2.46. The van der Waals surface area contributed by atoms with E-state index in [-0.39, 0.29) is 0 Å². The molecule has 2 aliphatic heterocycles. The normalized spacial score (nSPS) is 13.8. The molecule has 4 nitrogen and oxygen atoms in total. The fourth-order valence-corrected chi connectivity index (χ4v) is 19.2. The summed E-state index contributed by atoms with van der Waals surface area (Å²) in [6.45, 7) is 17.3. The number of fused-ring (bicyclic) bond motifs is 10. The summed E-state index contributed by atoms with van der Waals surface area (Å²) in [5.74, 6) is 0. The second kappa shape index (κ2) is 30.1. The third-order valence-electron chi connectivity index (χ3n) is 24.1. The zero-order valence-corrected chi connectivity index (χ0v) is 70.3. The number of nitrogens with zero attached hydrogens (tertiary/aromatic N) is 4. The molecular formula is C117H97BN4. The van der Waals surface area contributed by atoms with E-state index in [1.54, 1.807) is 0 Å². The molecule has 4 heterocycles. The van der Waals surface area contributed by atoms with E-state index >= 15 is 0 Å². The van der Waals surface area contributed by atoms with Crippen LogP contribution in [0.4, 0.5) is 34.1 Å². The van der Waals surface area contributed by atoms with Crippen molar-refractivity contribution in [2.75, 3.05) is 9.80 Å². The van der Waals surface area contributed by atoms with Gasteiger partial charge >= 0.3 is 0 Å². The van der Waals surface area contributed by atoms with E-state index in [0.29, 0.717) is 16.7 Å². The van der Waals surface area contributed by atoms with Gasteiger partial charge in [-0.25, -0.2) is 0 Å². The molecule has 122 heavy (non-hydrogen) atoms. The predicted molar refractivity (Wildman–Crippen MR) is 522 cm³/mol. The standard InChI is InChI=1S/C117H97BN4/c1-115(2,3)74-77-62-94(84-42-26-14-27-43-84)113(95(63-77)85-44-28-15-29-45-85)121-108-72-92(119-104-58-50-88(80-34-18-10-19-35-80)68-98(104)99-69-89(51-59-105(99)119)81-36-20-11-21-37-81)54-56-102(108)118-103-57-55-93(120-106-60-52-90(82-38-22-12-23-39-82)70-100(106)101-71-91(53-61-107(101)120)83-40-24-13-25-41-83)73-109(103)122(111-67-79(76-117(7,8)9)66-110(121)112(111)118)114-96(86-46-30-16-31-47-86)64-78(75-116(4,5)6)65-97(114)87-48-32-17-33-49-87/h10-73H,74-76H2,1-9H3/i74D2,75D2,76D2. The summed E-state index contributed by atoms with van der Waals surface area (Å²) in [4.78, 5) is 4.90. The number of rotatable bonds is 15. The summed E-state index contributed by atoms with van der Waals surface area (Å²) in [6.07, 6.45) is -5.79. The fraction of sp³-hybridized carbons (Fsp3) is 0.128. The van der Waals surface area contributed by atoms with E-state index in [4.69, 9.17) is 0 Å². The molecule has 2 aliphatic rings. The average molecular weight is 1580 g/mol. The summed E-state index contributed by atoms with van der Waals surface area (Å²) >= 11 is 0. The summed E-state index contributed by atoms with van der Waals surface area (Å²) in [7, 11) is 0. The minimum Gasteiger partial charge on any atom is -0.310 e. The first kappa shape index (κ1) is 68.9. The Morgan fingerprint density at radius 1 is 0.230 bits per heavy atom. The highest BCUT2D eigenvalue weighted by Crippen LogP contribution is 2.56. The van der Waals surface area contributed by atoms with Crippen LogP contribution in [0.25, 0.3) is 144 Å². The first-order chi connectivity index (χ1) is 61.7. The molecule has 0 spiro atoms. The molecule has 21 rings (SSSR count). The maximum atomic E-state index is 11.1. The maximum Gasteiger partial charge on any atom is 0.252 e. The molecule has 0 radical (unpaired) electrons. The second-order valence-corrected chi connectivity index (χ2v) is 36.0. The molecule has 0 bridgehead atoms. The van der Waals surface area contributed by atoms with Gasteiger partial charge in [0.1, 0.15) is 0 Å². The summed E-state index contributed by atoms with van der Waals surface area (Å²) in [6, 6.07) is 139. The van der Waals surface area contributed by atoms with Crippen molar-refractivity contribution in [2.24, 2.45) is 16.2 Å². The summed E-state index contributed by atoms with van der Waals surface area (Å²) in [5.41, 5.74) is 27.9. The lowest BCUT2D eigenvalue weighted by Crippen LogP contribution is -2.61. The van der Waals surface area contributed by atoms with Crippen molar-refractivity contribution in [3.63, 3.8) is 0 Å². The van der Waals surface area contributed by atoms with Crippen molar-refractivity contribution in [2.45, 2.75) is 81.4 Å². The van der Waals surface area contributed by atoms with Crippen LogP contribution in [-0.4, -0.2) is 15.8 Å². The Hall–Kier alpha value is -14.0. The first-order valence-electron chi connectivity index (χ1n) is 45.7. The van der Waals surface area contributed by atoms with Gasteiger partial charge in [0, 0.05) is 86.1 Å². The quantitative estimate of drug-likeness (QED) is 0.0951. The predicted octanol–water partition coefficient (Wildman–Crippen LogP) is 30.1. The van der Waals surface area contributed by atoms with Crippen LogP contribution < -0.4 is 26.2 Å². The van der Waals surface area contributed by atoms with Crippen molar-refractivity contribution in [1.82, 2.24) is 9.13 Å². The third-order valence-corrected chi connectivity index (χ3v) is 24.1. The molecule has 0 fully saturated rings. The molecule has 0 unspecified atom stereocenters. The van der Waals surface area contributed by atoms with E-state index in [2.05, 4.69) is 383 Å². The smallest absolute Gasteiger partial charge is 0.252 e. The lowest BCUT2D eigenvalue weighted by molar-refractivity contribution is 0.411. The van der Waals surface area contributed by atoms with E-state index in [1.165, 1.54) is 0 Å². The van der Waals surface area contributed by atoms with Crippen molar-refractivity contribution in [3.8, 4) is 100 Å².